The van der Waals surface area contributed by atoms with Crippen LogP contribution in [0, 0.1) is 11.8 Å². The molecule has 60 valence electrons. The Hall–Kier alpha value is 0.700. The van der Waals surface area contributed by atoms with E-state index in [1.807, 2.05) is 0 Å². The lowest BCUT2D eigenvalue weighted by atomic mass is 9.95. The molecule has 0 saturated heterocycles. The molecule has 0 aromatic rings. The Bertz CT molecular complexity index is 120. The summed E-state index contributed by atoms with van der Waals surface area (Å²) in [5, 5.41) is 0. The molecule has 0 heterocycles. The standard InChI is InChI=1S/C8H14Br2/c1-5(2)7(6(3)4)8(9)10/h5-6H,1-4H3. The first-order valence-corrected chi connectivity index (χ1v) is 5.10. The van der Waals surface area contributed by atoms with Crippen LogP contribution in [0.3, 0.4) is 0 Å². The maximum absolute atomic E-state index is 3.44. The maximum atomic E-state index is 3.44. The predicted molar refractivity (Wildman–Crippen MR) is 54.6 cm³/mol. The topological polar surface area (TPSA) is 0 Å². The van der Waals surface area contributed by atoms with Gasteiger partial charge in [-0.3, -0.25) is 0 Å². The van der Waals surface area contributed by atoms with E-state index in [9.17, 15) is 0 Å². The van der Waals surface area contributed by atoms with Crippen LogP contribution in [0.25, 0.3) is 0 Å². The van der Waals surface area contributed by atoms with Gasteiger partial charge in [-0.2, -0.15) is 0 Å². The van der Waals surface area contributed by atoms with Crippen LogP contribution in [-0.2, 0) is 0 Å². The molecule has 0 bridgehead atoms. The molecule has 0 aromatic heterocycles. The van der Waals surface area contributed by atoms with Crippen molar-refractivity contribution >= 4 is 31.9 Å². The summed E-state index contributed by atoms with van der Waals surface area (Å²) in [5.74, 6) is 1.24. The van der Waals surface area contributed by atoms with E-state index in [-0.39, 0.29) is 0 Å². The second kappa shape index (κ2) is 4.55. The minimum absolute atomic E-state index is 0.619. The summed E-state index contributed by atoms with van der Waals surface area (Å²) in [6.45, 7) is 8.82. The molecule has 0 aliphatic rings. The van der Waals surface area contributed by atoms with Gasteiger partial charge in [0.2, 0.25) is 0 Å². The molecule has 0 spiro atoms. The quantitative estimate of drug-likeness (QED) is 0.701. The molecule has 0 radical (unpaired) electrons. The zero-order valence-electron chi connectivity index (χ0n) is 6.91. The van der Waals surface area contributed by atoms with E-state index in [0.717, 1.165) is 3.39 Å². The summed E-state index contributed by atoms with van der Waals surface area (Å²) in [6, 6.07) is 0. The highest BCUT2D eigenvalue weighted by Gasteiger charge is 2.10. The van der Waals surface area contributed by atoms with Crippen LogP contribution >= 0.6 is 31.9 Å². The van der Waals surface area contributed by atoms with Gasteiger partial charge in [0.05, 0.1) is 3.39 Å². The van der Waals surface area contributed by atoms with Gasteiger partial charge in [0.25, 0.3) is 0 Å². The van der Waals surface area contributed by atoms with Gasteiger partial charge < -0.3 is 0 Å². The van der Waals surface area contributed by atoms with Gasteiger partial charge in [-0.15, -0.1) is 0 Å². The lowest BCUT2D eigenvalue weighted by molar-refractivity contribution is 0.627. The lowest BCUT2D eigenvalue weighted by Crippen LogP contribution is -2.02. The molecule has 0 aromatic carbocycles. The molecule has 0 rings (SSSR count). The first-order chi connectivity index (χ1) is 4.46. The van der Waals surface area contributed by atoms with Gasteiger partial charge in [-0.25, -0.2) is 0 Å². The highest BCUT2D eigenvalue weighted by Crippen LogP contribution is 2.30. The first kappa shape index (κ1) is 10.7. The highest BCUT2D eigenvalue weighted by molar-refractivity contribution is 9.28. The van der Waals surface area contributed by atoms with E-state index < -0.39 is 0 Å². The van der Waals surface area contributed by atoms with Crippen molar-refractivity contribution in [2.75, 3.05) is 0 Å². The van der Waals surface area contributed by atoms with Gasteiger partial charge in [-0.1, -0.05) is 27.7 Å². The zero-order chi connectivity index (χ0) is 8.31. The van der Waals surface area contributed by atoms with Crippen molar-refractivity contribution < 1.29 is 0 Å². The largest absolute Gasteiger partial charge is 0.0601 e. The third-order valence-electron chi connectivity index (χ3n) is 1.46. The van der Waals surface area contributed by atoms with Crippen molar-refractivity contribution in [3.05, 3.63) is 8.96 Å². The van der Waals surface area contributed by atoms with Crippen molar-refractivity contribution in [3.8, 4) is 0 Å². The minimum Gasteiger partial charge on any atom is -0.0589 e. The minimum atomic E-state index is 0.619. The van der Waals surface area contributed by atoms with Crippen molar-refractivity contribution in [2.45, 2.75) is 27.7 Å². The highest BCUT2D eigenvalue weighted by atomic mass is 79.9. The molecule has 0 nitrogen and oxygen atoms in total. The van der Waals surface area contributed by atoms with E-state index in [4.69, 9.17) is 0 Å². The summed E-state index contributed by atoms with van der Waals surface area (Å²) in [4.78, 5) is 0. The van der Waals surface area contributed by atoms with Crippen LogP contribution in [0.15, 0.2) is 8.96 Å². The SMILES string of the molecule is CC(C)C(=C(Br)Br)C(C)C. The van der Waals surface area contributed by atoms with Gasteiger partial charge in [-0.05, 0) is 49.3 Å². The summed E-state index contributed by atoms with van der Waals surface area (Å²) in [7, 11) is 0. The van der Waals surface area contributed by atoms with Gasteiger partial charge >= 0.3 is 0 Å². The Morgan fingerprint density at radius 3 is 1.20 bits per heavy atom. The van der Waals surface area contributed by atoms with Crippen LogP contribution in [-0.4, -0.2) is 0 Å². The van der Waals surface area contributed by atoms with Crippen molar-refractivity contribution in [3.63, 3.8) is 0 Å². The fraction of sp³-hybridized carbons (Fsp3) is 0.750. The van der Waals surface area contributed by atoms with Crippen LogP contribution in [0.1, 0.15) is 27.7 Å². The Balaban J connectivity index is 4.44. The molecule has 0 N–H and O–H groups in total. The molecule has 0 unspecified atom stereocenters. The first-order valence-electron chi connectivity index (χ1n) is 3.51. The molecule has 0 aliphatic carbocycles. The molecule has 2 heteroatoms. The van der Waals surface area contributed by atoms with Gasteiger partial charge in [0.15, 0.2) is 0 Å². The van der Waals surface area contributed by atoms with Crippen molar-refractivity contribution in [1.29, 1.82) is 0 Å². The molecule has 0 saturated carbocycles. The van der Waals surface area contributed by atoms with Crippen LogP contribution < -0.4 is 0 Å². The monoisotopic (exact) mass is 268 g/mol. The van der Waals surface area contributed by atoms with E-state index >= 15 is 0 Å². The number of hydrogen-bond donors (Lipinski definition) is 0. The van der Waals surface area contributed by atoms with E-state index in [2.05, 4.69) is 59.6 Å². The van der Waals surface area contributed by atoms with E-state index in [1.165, 1.54) is 5.57 Å². The second-order valence-corrected chi connectivity index (χ2v) is 5.68. The van der Waals surface area contributed by atoms with Crippen molar-refractivity contribution in [1.82, 2.24) is 0 Å². The molecular weight excluding hydrogens is 256 g/mol. The lowest BCUT2D eigenvalue weighted by Gasteiger charge is -2.15. The number of allylic oxidation sites excluding steroid dienone is 1. The maximum Gasteiger partial charge on any atom is 0.0601 e. The molecule has 0 fully saturated rings. The molecule has 0 aliphatic heterocycles. The van der Waals surface area contributed by atoms with Crippen LogP contribution in [0.4, 0.5) is 0 Å². The zero-order valence-corrected chi connectivity index (χ0v) is 10.1. The third-order valence-corrected chi connectivity index (χ3v) is 2.38. The predicted octanol–water partition coefficient (Wildman–Crippen LogP) is 4.30. The van der Waals surface area contributed by atoms with E-state index in [1.54, 1.807) is 0 Å². The van der Waals surface area contributed by atoms with Crippen LogP contribution in [0.2, 0.25) is 0 Å². The second-order valence-electron chi connectivity index (χ2n) is 3.03. The summed E-state index contributed by atoms with van der Waals surface area (Å²) >= 11 is 6.88. The Morgan fingerprint density at radius 2 is 1.20 bits per heavy atom. The summed E-state index contributed by atoms with van der Waals surface area (Å²) < 4.78 is 1.12. The van der Waals surface area contributed by atoms with Crippen molar-refractivity contribution in [2.24, 2.45) is 11.8 Å². The molecule has 0 amide bonds. The fourth-order valence-electron chi connectivity index (χ4n) is 1.10. The average Bonchev–Trinajstić information content (AvgIpc) is 1.59. The molecule has 0 atom stereocenters. The average molecular weight is 270 g/mol. The number of hydrogen-bond acceptors (Lipinski definition) is 0. The Kier molecular flexibility index (Phi) is 4.87. The van der Waals surface area contributed by atoms with Crippen LogP contribution in [0.5, 0.6) is 0 Å². The smallest absolute Gasteiger partial charge is 0.0589 e. The number of rotatable bonds is 2. The normalized spacial score (nSPS) is 10.8. The van der Waals surface area contributed by atoms with Gasteiger partial charge in [0.1, 0.15) is 0 Å². The Labute approximate surface area is 80.3 Å². The van der Waals surface area contributed by atoms with Gasteiger partial charge in [0, 0.05) is 0 Å². The fourth-order valence-corrected chi connectivity index (χ4v) is 2.93. The molecule has 10 heavy (non-hydrogen) atoms. The molecular formula is C8H14Br2. The third kappa shape index (κ3) is 3.20. The Morgan fingerprint density at radius 1 is 0.900 bits per heavy atom. The summed E-state index contributed by atoms with van der Waals surface area (Å²) in [6.07, 6.45) is 0. The van der Waals surface area contributed by atoms with E-state index in [0.29, 0.717) is 11.8 Å². The number of halogens is 2. The summed E-state index contributed by atoms with van der Waals surface area (Å²) in [5.41, 5.74) is 1.44.